The van der Waals surface area contributed by atoms with Gasteiger partial charge < -0.3 is 14.2 Å². The van der Waals surface area contributed by atoms with E-state index < -0.39 is 0 Å². The highest BCUT2D eigenvalue weighted by Gasteiger charge is 2.08. The third-order valence-electron chi connectivity index (χ3n) is 4.47. The van der Waals surface area contributed by atoms with Crippen LogP contribution in [0.25, 0.3) is 0 Å². The molecule has 3 rings (SSSR count). The minimum atomic E-state index is -0.252. The van der Waals surface area contributed by atoms with Crippen LogP contribution in [0.2, 0.25) is 5.02 Å². The van der Waals surface area contributed by atoms with Gasteiger partial charge in [0.2, 0.25) is 5.91 Å². The lowest BCUT2D eigenvalue weighted by Gasteiger charge is -2.10. The minimum Gasteiger partial charge on any atom is -0.493 e. The first-order chi connectivity index (χ1) is 15.1. The Morgan fingerprint density at radius 2 is 1.71 bits per heavy atom. The first kappa shape index (κ1) is 22.2. The van der Waals surface area contributed by atoms with Crippen molar-refractivity contribution in [1.29, 1.82) is 0 Å². The fourth-order valence-corrected chi connectivity index (χ4v) is 3.07. The van der Waals surface area contributed by atoms with Gasteiger partial charge in [-0.25, -0.2) is 5.43 Å². The standard InChI is InChI=1S/C24H23ClN2O4/c1-29-22-12-11-17(13-23(22)30-2)14-24(28)27-26-15-18-7-4-6-10-21(18)31-16-19-8-3-5-9-20(19)25/h3-13,15H,14,16H2,1-2H3,(H,27,28)/b26-15+. The second kappa shape index (κ2) is 11.0. The van der Waals surface area contributed by atoms with Gasteiger partial charge in [0, 0.05) is 16.1 Å². The maximum Gasteiger partial charge on any atom is 0.244 e. The third kappa shape index (κ3) is 6.23. The number of carbonyl (C=O) groups is 1. The van der Waals surface area contributed by atoms with Gasteiger partial charge in [-0.15, -0.1) is 0 Å². The quantitative estimate of drug-likeness (QED) is 0.390. The van der Waals surface area contributed by atoms with Gasteiger partial charge in [0.05, 0.1) is 26.9 Å². The van der Waals surface area contributed by atoms with E-state index in [9.17, 15) is 4.79 Å². The molecule has 0 aliphatic rings. The van der Waals surface area contributed by atoms with E-state index in [4.69, 9.17) is 25.8 Å². The zero-order chi connectivity index (χ0) is 22.1. The summed E-state index contributed by atoms with van der Waals surface area (Å²) in [5.41, 5.74) is 4.95. The first-order valence-electron chi connectivity index (χ1n) is 9.58. The van der Waals surface area contributed by atoms with Crippen LogP contribution in [0.15, 0.2) is 71.8 Å². The Morgan fingerprint density at radius 1 is 0.968 bits per heavy atom. The number of amides is 1. The minimum absolute atomic E-state index is 0.155. The Morgan fingerprint density at radius 3 is 2.48 bits per heavy atom. The van der Waals surface area contributed by atoms with E-state index in [2.05, 4.69) is 10.5 Å². The van der Waals surface area contributed by atoms with Crippen molar-refractivity contribution >= 4 is 23.7 Å². The van der Waals surface area contributed by atoms with Gasteiger partial charge >= 0.3 is 0 Å². The molecular formula is C24H23ClN2O4. The van der Waals surface area contributed by atoms with Gasteiger partial charge in [0.15, 0.2) is 11.5 Å². The number of hydrazone groups is 1. The van der Waals surface area contributed by atoms with Crippen LogP contribution < -0.4 is 19.6 Å². The molecule has 3 aromatic carbocycles. The summed E-state index contributed by atoms with van der Waals surface area (Å²) in [6.45, 7) is 0.330. The molecule has 1 amide bonds. The summed E-state index contributed by atoms with van der Waals surface area (Å²) in [6.07, 6.45) is 1.71. The Hall–Kier alpha value is -3.51. The van der Waals surface area contributed by atoms with Crippen LogP contribution in [0.1, 0.15) is 16.7 Å². The topological polar surface area (TPSA) is 69.2 Å². The monoisotopic (exact) mass is 438 g/mol. The smallest absolute Gasteiger partial charge is 0.244 e. The number of nitrogens with zero attached hydrogens (tertiary/aromatic N) is 1. The number of ether oxygens (including phenoxy) is 3. The van der Waals surface area contributed by atoms with Crippen LogP contribution >= 0.6 is 11.6 Å². The number of rotatable bonds is 9. The average molecular weight is 439 g/mol. The van der Waals surface area contributed by atoms with E-state index in [1.807, 2.05) is 54.6 Å². The van der Waals surface area contributed by atoms with Gasteiger partial charge in [0.25, 0.3) is 0 Å². The van der Waals surface area contributed by atoms with Gasteiger partial charge in [-0.05, 0) is 35.9 Å². The summed E-state index contributed by atoms with van der Waals surface area (Å²) in [4.78, 5) is 12.2. The summed E-state index contributed by atoms with van der Waals surface area (Å²) < 4.78 is 16.4. The van der Waals surface area contributed by atoms with Crippen LogP contribution in [0, 0.1) is 0 Å². The molecule has 0 saturated carbocycles. The number of halogens is 1. The molecule has 0 heterocycles. The molecule has 0 spiro atoms. The lowest BCUT2D eigenvalue weighted by atomic mass is 10.1. The second-order valence-electron chi connectivity index (χ2n) is 6.58. The molecule has 7 heteroatoms. The molecule has 0 radical (unpaired) electrons. The SMILES string of the molecule is COc1ccc(CC(=O)N/N=C/c2ccccc2OCc2ccccc2Cl)cc1OC. The predicted molar refractivity (Wildman–Crippen MR) is 121 cm³/mol. The fraction of sp³-hybridized carbons (Fsp3) is 0.167. The van der Waals surface area contributed by atoms with Gasteiger partial charge in [-0.1, -0.05) is 48.0 Å². The molecule has 0 unspecified atom stereocenters. The van der Waals surface area contributed by atoms with Crippen molar-refractivity contribution in [1.82, 2.24) is 5.43 Å². The maximum absolute atomic E-state index is 12.2. The second-order valence-corrected chi connectivity index (χ2v) is 6.98. The van der Waals surface area contributed by atoms with E-state index in [0.717, 1.165) is 16.7 Å². The van der Waals surface area contributed by atoms with E-state index in [-0.39, 0.29) is 12.3 Å². The lowest BCUT2D eigenvalue weighted by Crippen LogP contribution is -2.19. The number of hydrogen-bond acceptors (Lipinski definition) is 5. The predicted octanol–water partition coefficient (Wildman–Crippen LogP) is 4.63. The zero-order valence-corrected chi connectivity index (χ0v) is 18.1. The van der Waals surface area contributed by atoms with Gasteiger partial charge in [-0.3, -0.25) is 4.79 Å². The van der Waals surface area contributed by atoms with Crippen LogP contribution in [-0.2, 0) is 17.8 Å². The van der Waals surface area contributed by atoms with E-state index in [1.165, 1.54) is 0 Å². The molecule has 1 N–H and O–H groups in total. The third-order valence-corrected chi connectivity index (χ3v) is 4.83. The molecule has 0 aliphatic heterocycles. The first-order valence-corrected chi connectivity index (χ1v) is 9.96. The van der Waals surface area contributed by atoms with E-state index in [1.54, 1.807) is 32.6 Å². The van der Waals surface area contributed by atoms with E-state index in [0.29, 0.717) is 28.9 Å². The van der Waals surface area contributed by atoms with Crippen molar-refractivity contribution in [2.24, 2.45) is 5.10 Å². The molecule has 31 heavy (non-hydrogen) atoms. The Labute approximate surface area is 186 Å². The molecular weight excluding hydrogens is 416 g/mol. The van der Waals surface area contributed by atoms with Crippen molar-refractivity contribution in [3.63, 3.8) is 0 Å². The number of benzene rings is 3. The highest BCUT2D eigenvalue weighted by Crippen LogP contribution is 2.27. The van der Waals surface area contributed by atoms with E-state index >= 15 is 0 Å². The lowest BCUT2D eigenvalue weighted by molar-refractivity contribution is -0.120. The molecule has 160 valence electrons. The molecule has 0 fully saturated rings. The highest BCUT2D eigenvalue weighted by atomic mass is 35.5. The van der Waals surface area contributed by atoms with Crippen LogP contribution in [0.5, 0.6) is 17.2 Å². The van der Waals surface area contributed by atoms with Gasteiger partial charge in [0.1, 0.15) is 12.4 Å². The van der Waals surface area contributed by atoms with Crippen LogP contribution in [0.3, 0.4) is 0 Å². The molecule has 0 aromatic heterocycles. The zero-order valence-electron chi connectivity index (χ0n) is 17.3. The molecule has 0 bridgehead atoms. The summed E-state index contributed by atoms with van der Waals surface area (Å²) >= 11 is 6.18. The molecule has 0 aliphatic carbocycles. The largest absolute Gasteiger partial charge is 0.493 e. The maximum atomic E-state index is 12.2. The van der Waals surface area contributed by atoms with Gasteiger partial charge in [-0.2, -0.15) is 5.10 Å². The fourth-order valence-electron chi connectivity index (χ4n) is 2.88. The number of hydrogen-bond donors (Lipinski definition) is 1. The normalized spacial score (nSPS) is 10.7. The number of carbonyl (C=O) groups excluding carboxylic acids is 1. The number of para-hydroxylation sites is 1. The summed E-state index contributed by atoms with van der Waals surface area (Å²) in [5, 5.41) is 4.71. The van der Waals surface area contributed by atoms with Crippen molar-refractivity contribution in [3.05, 3.63) is 88.4 Å². The number of nitrogens with one attached hydrogen (secondary N) is 1. The Kier molecular flexibility index (Phi) is 7.90. The van der Waals surface area contributed by atoms with Crippen molar-refractivity contribution in [3.8, 4) is 17.2 Å². The Bertz CT molecular complexity index is 1070. The number of methoxy groups -OCH3 is 2. The molecule has 6 nitrogen and oxygen atoms in total. The van der Waals surface area contributed by atoms with Crippen molar-refractivity contribution in [2.75, 3.05) is 14.2 Å². The summed E-state index contributed by atoms with van der Waals surface area (Å²) in [5.74, 6) is 1.57. The van der Waals surface area contributed by atoms with Crippen LogP contribution in [-0.4, -0.2) is 26.3 Å². The average Bonchev–Trinajstić information content (AvgIpc) is 2.79. The van der Waals surface area contributed by atoms with Crippen LogP contribution in [0.4, 0.5) is 0 Å². The van der Waals surface area contributed by atoms with Crippen molar-refractivity contribution in [2.45, 2.75) is 13.0 Å². The molecule has 0 atom stereocenters. The summed E-state index contributed by atoms with van der Waals surface area (Å²) in [7, 11) is 3.12. The Balaban J connectivity index is 1.59. The summed E-state index contributed by atoms with van der Waals surface area (Å²) in [6, 6.07) is 20.3. The highest BCUT2D eigenvalue weighted by molar-refractivity contribution is 6.31. The molecule has 0 saturated heterocycles. The molecule has 3 aromatic rings. The van der Waals surface area contributed by atoms with Crippen molar-refractivity contribution < 1.29 is 19.0 Å².